The fraction of sp³-hybridized carbons (Fsp3) is 0.333. The number of carboxylic acids is 1. The number of nitrogens with zero attached hydrogens (tertiary/aromatic N) is 3. The Morgan fingerprint density at radius 3 is 2.94 bits per heavy atom. The number of halogens is 1. The summed E-state index contributed by atoms with van der Waals surface area (Å²) < 4.78 is 0. The normalized spacial score (nSPS) is 20.2. The van der Waals surface area contributed by atoms with Gasteiger partial charge in [-0.15, -0.1) is 0 Å². The van der Waals surface area contributed by atoms with Crippen LogP contribution in [0.5, 0.6) is 0 Å². The van der Waals surface area contributed by atoms with E-state index in [9.17, 15) is 9.59 Å². The molecule has 0 aliphatic carbocycles. The third-order valence-corrected chi connectivity index (χ3v) is 2.87. The van der Waals surface area contributed by atoms with Crippen molar-refractivity contribution in [3.63, 3.8) is 0 Å². The Labute approximate surface area is 99.4 Å². The van der Waals surface area contributed by atoms with E-state index in [0.717, 1.165) is 0 Å². The number of carbonyl (C=O) groups is 2. The molecule has 1 saturated heterocycles. The van der Waals surface area contributed by atoms with Crippen LogP contribution in [0.3, 0.4) is 0 Å². The van der Waals surface area contributed by atoms with Crippen molar-refractivity contribution in [2.45, 2.75) is 11.2 Å². The van der Waals surface area contributed by atoms with Crippen LogP contribution in [0.2, 0.25) is 0 Å². The Morgan fingerprint density at radius 2 is 2.38 bits per heavy atom. The van der Waals surface area contributed by atoms with Gasteiger partial charge in [-0.3, -0.25) is 9.69 Å². The maximum absolute atomic E-state index is 11.6. The molecule has 7 heteroatoms. The smallest absolute Gasteiger partial charge is 0.341 e. The van der Waals surface area contributed by atoms with Crippen LogP contribution in [0.25, 0.3) is 0 Å². The third kappa shape index (κ3) is 1.90. The Kier molecular flexibility index (Phi) is 2.86. The molecule has 1 aliphatic heterocycles. The summed E-state index contributed by atoms with van der Waals surface area (Å²) in [5, 5.41) is 8.95. The van der Waals surface area contributed by atoms with Crippen LogP contribution in [0.1, 0.15) is 16.8 Å². The van der Waals surface area contributed by atoms with Crippen LogP contribution in [0.15, 0.2) is 12.5 Å². The van der Waals surface area contributed by atoms with E-state index >= 15 is 0 Å². The van der Waals surface area contributed by atoms with E-state index in [4.69, 9.17) is 5.11 Å². The second kappa shape index (κ2) is 4.17. The number of aromatic nitrogens is 2. The van der Waals surface area contributed by atoms with Crippen molar-refractivity contribution in [2.75, 3.05) is 11.4 Å². The molecular formula is C9H8BrN3O3. The van der Waals surface area contributed by atoms with Crippen LogP contribution >= 0.6 is 15.9 Å². The summed E-state index contributed by atoms with van der Waals surface area (Å²) in [5.74, 6) is -1.11. The molecule has 1 unspecified atom stereocenters. The van der Waals surface area contributed by atoms with Gasteiger partial charge in [-0.1, -0.05) is 15.9 Å². The number of carbonyl (C=O) groups excluding carboxylic acids is 1. The van der Waals surface area contributed by atoms with Gasteiger partial charge >= 0.3 is 5.97 Å². The van der Waals surface area contributed by atoms with E-state index in [1.54, 1.807) is 0 Å². The second-order valence-corrected chi connectivity index (χ2v) is 4.67. The lowest BCUT2D eigenvalue weighted by molar-refractivity contribution is -0.117. The second-order valence-electron chi connectivity index (χ2n) is 3.37. The molecule has 1 N–H and O–H groups in total. The number of carboxylic acid groups (broad SMARTS) is 1. The van der Waals surface area contributed by atoms with Gasteiger partial charge in [-0.25, -0.2) is 14.8 Å². The minimum Gasteiger partial charge on any atom is -0.477 e. The van der Waals surface area contributed by atoms with Crippen molar-refractivity contribution in [2.24, 2.45) is 0 Å². The summed E-state index contributed by atoms with van der Waals surface area (Å²) in [7, 11) is 0. The quantitative estimate of drug-likeness (QED) is 0.808. The van der Waals surface area contributed by atoms with E-state index in [1.807, 2.05) is 0 Å². The van der Waals surface area contributed by atoms with Crippen molar-refractivity contribution < 1.29 is 14.7 Å². The van der Waals surface area contributed by atoms with Crippen molar-refractivity contribution in [1.82, 2.24) is 9.97 Å². The number of rotatable bonds is 2. The molecule has 1 aliphatic rings. The Hall–Kier alpha value is -1.50. The molecule has 16 heavy (non-hydrogen) atoms. The van der Waals surface area contributed by atoms with Gasteiger partial charge in [0.1, 0.15) is 11.9 Å². The predicted octanol–water partition coefficient (Wildman–Crippen LogP) is 0.675. The highest BCUT2D eigenvalue weighted by Gasteiger charge is 2.32. The van der Waals surface area contributed by atoms with Crippen LogP contribution < -0.4 is 4.90 Å². The molecule has 0 spiro atoms. The highest BCUT2D eigenvalue weighted by molar-refractivity contribution is 9.09. The van der Waals surface area contributed by atoms with Crippen molar-refractivity contribution in [3.8, 4) is 0 Å². The van der Waals surface area contributed by atoms with E-state index in [1.165, 1.54) is 17.4 Å². The molecule has 0 radical (unpaired) electrons. The van der Waals surface area contributed by atoms with Crippen LogP contribution in [0.4, 0.5) is 5.82 Å². The van der Waals surface area contributed by atoms with Gasteiger partial charge in [0.2, 0.25) is 5.91 Å². The molecule has 1 atom stereocenters. The number of aromatic carboxylic acids is 1. The van der Waals surface area contributed by atoms with Gasteiger partial charge in [0.05, 0.1) is 0 Å². The fourth-order valence-electron chi connectivity index (χ4n) is 1.56. The van der Waals surface area contributed by atoms with Gasteiger partial charge in [0, 0.05) is 24.0 Å². The van der Waals surface area contributed by atoms with Crippen molar-refractivity contribution in [1.29, 1.82) is 0 Å². The third-order valence-electron chi connectivity index (χ3n) is 2.26. The number of hydrogen-bond acceptors (Lipinski definition) is 4. The lowest BCUT2D eigenvalue weighted by Crippen LogP contribution is -2.27. The summed E-state index contributed by atoms with van der Waals surface area (Å²) in [5.41, 5.74) is -0.0579. The molecule has 2 rings (SSSR count). The van der Waals surface area contributed by atoms with Gasteiger partial charge in [-0.2, -0.15) is 0 Å². The summed E-state index contributed by atoms with van der Waals surface area (Å²) >= 11 is 3.32. The molecule has 1 aromatic heterocycles. The summed E-state index contributed by atoms with van der Waals surface area (Å²) in [4.78, 5) is 31.4. The molecule has 1 fully saturated rings. The van der Waals surface area contributed by atoms with Crippen LogP contribution in [-0.2, 0) is 4.79 Å². The molecule has 1 amide bonds. The standard InChI is InChI=1S/C9H8BrN3O3/c10-5-1-7(14)13(3-5)8-6(9(15)16)2-11-4-12-8/h2,4-5H,1,3H2,(H,15,16). The maximum atomic E-state index is 11.6. The molecule has 84 valence electrons. The molecule has 0 bridgehead atoms. The molecule has 0 aromatic carbocycles. The molecule has 6 nitrogen and oxygen atoms in total. The number of alkyl halides is 1. The predicted molar refractivity (Wildman–Crippen MR) is 58.7 cm³/mol. The van der Waals surface area contributed by atoms with Gasteiger partial charge < -0.3 is 5.11 Å². The average molecular weight is 286 g/mol. The molecule has 1 aromatic rings. The zero-order valence-electron chi connectivity index (χ0n) is 8.13. The highest BCUT2D eigenvalue weighted by Crippen LogP contribution is 2.25. The van der Waals surface area contributed by atoms with E-state index in [0.29, 0.717) is 13.0 Å². The number of anilines is 1. The molecule has 2 heterocycles. The van der Waals surface area contributed by atoms with Gasteiger partial charge in [-0.05, 0) is 0 Å². The zero-order chi connectivity index (χ0) is 11.7. The lowest BCUT2D eigenvalue weighted by Gasteiger charge is -2.15. The minimum absolute atomic E-state index is 0.0385. The van der Waals surface area contributed by atoms with Gasteiger partial charge in [0.15, 0.2) is 5.82 Å². The van der Waals surface area contributed by atoms with Crippen molar-refractivity contribution >= 4 is 33.6 Å². The monoisotopic (exact) mass is 285 g/mol. The SMILES string of the molecule is O=C(O)c1cncnc1N1CC(Br)CC1=O. The van der Waals surface area contributed by atoms with Crippen LogP contribution in [-0.4, -0.2) is 38.3 Å². The van der Waals surface area contributed by atoms with Gasteiger partial charge in [0.25, 0.3) is 0 Å². The van der Waals surface area contributed by atoms with E-state index in [-0.39, 0.29) is 22.1 Å². The van der Waals surface area contributed by atoms with Crippen molar-refractivity contribution in [3.05, 3.63) is 18.1 Å². The first-order valence-corrected chi connectivity index (χ1v) is 5.49. The summed E-state index contributed by atoms with van der Waals surface area (Å²) in [6.07, 6.45) is 2.78. The minimum atomic E-state index is -1.14. The Morgan fingerprint density at radius 1 is 1.62 bits per heavy atom. The maximum Gasteiger partial charge on any atom is 0.341 e. The summed E-state index contributed by atoms with van der Waals surface area (Å²) in [6.45, 7) is 0.427. The fourth-order valence-corrected chi connectivity index (χ4v) is 2.12. The highest BCUT2D eigenvalue weighted by atomic mass is 79.9. The molecular weight excluding hydrogens is 278 g/mol. The lowest BCUT2D eigenvalue weighted by atomic mass is 10.3. The Balaban J connectivity index is 2.40. The zero-order valence-corrected chi connectivity index (χ0v) is 9.72. The largest absolute Gasteiger partial charge is 0.477 e. The first kappa shape index (κ1) is 11.0. The summed E-state index contributed by atoms with van der Waals surface area (Å²) in [6, 6.07) is 0. The molecule has 0 saturated carbocycles. The first-order chi connectivity index (χ1) is 7.59. The average Bonchev–Trinajstić information content (AvgIpc) is 2.57. The topological polar surface area (TPSA) is 83.4 Å². The Bertz CT molecular complexity index is 451. The number of amides is 1. The van der Waals surface area contributed by atoms with E-state index < -0.39 is 5.97 Å². The van der Waals surface area contributed by atoms with Crippen LogP contribution in [0, 0.1) is 0 Å². The first-order valence-electron chi connectivity index (χ1n) is 4.57. The van der Waals surface area contributed by atoms with E-state index in [2.05, 4.69) is 25.9 Å². The number of hydrogen-bond donors (Lipinski definition) is 1.